The van der Waals surface area contributed by atoms with E-state index < -0.39 is 0 Å². The maximum Gasteiger partial charge on any atom is 0.150 e. The summed E-state index contributed by atoms with van der Waals surface area (Å²) in [6.07, 6.45) is 0.935. The van der Waals surface area contributed by atoms with Gasteiger partial charge in [0.1, 0.15) is 6.29 Å². The third-order valence-corrected chi connectivity index (χ3v) is 2.82. The normalized spacial score (nSPS) is 11.6. The fourth-order valence-electron chi connectivity index (χ4n) is 1.59. The van der Waals surface area contributed by atoms with E-state index in [9.17, 15) is 4.79 Å². The van der Waals surface area contributed by atoms with Gasteiger partial charge in [-0.1, -0.05) is 61.5 Å². The predicted molar refractivity (Wildman–Crippen MR) is 80.6 cm³/mol. The molecule has 0 spiro atoms. The maximum absolute atomic E-state index is 11.0. The highest BCUT2D eigenvalue weighted by Gasteiger charge is 2.20. The summed E-state index contributed by atoms with van der Waals surface area (Å²) in [6, 6.07) is 6.19. The number of aldehydes is 1. The quantitative estimate of drug-likeness (QED) is 0.630. The van der Waals surface area contributed by atoms with Crippen molar-refractivity contribution in [2.75, 3.05) is 0 Å². The van der Waals surface area contributed by atoms with Crippen LogP contribution >= 0.6 is 0 Å². The van der Waals surface area contributed by atoms with Crippen molar-refractivity contribution < 1.29 is 4.79 Å². The molecule has 0 bridgehead atoms. The molecule has 0 saturated carbocycles. The summed E-state index contributed by atoms with van der Waals surface area (Å²) in [6.45, 7) is 17.0. The van der Waals surface area contributed by atoms with E-state index in [1.165, 1.54) is 11.1 Å². The molecular weight excluding hydrogens is 220 g/mol. The van der Waals surface area contributed by atoms with Crippen LogP contribution in [0.25, 0.3) is 0 Å². The minimum atomic E-state index is 0.0824. The highest BCUT2D eigenvalue weighted by molar-refractivity contribution is 5.76. The molecule has 1 aromatic carbocycles. The first-order chi connectivity index (χ1) is 8.14. The van der Waals surface area contributed by atoms with Crippen molar-refractivity contribution in [3.8, 4) is 0 Å². The Kier molecular flexibility index (Phi) is 5.79. The van der Waals surface area contributed by atoms with E-state index in [-0.39, 0.29) is 10.8 Å². The number of carbonyl (C=O) groups excluding carboxylic acids is 1. The van der Waals surface area contributed by atoms with E-state index in [0.29, 0.717) is 0 Å². The van der Waals surface area contributed by atoms with E-state index in [0.717, 1.165) is 11.8 Å². The molecule has 0 aromatic heterocycles. The molecule has 0 saturated heterocycles. The second-order valence-corrected chi connectivity index (χ2v) is 6.46. The van der Waals surface area contributed by atoms with Crippen LogP contribution in [0.4, 0.5) is 0 Å². The van der Waals surface area contributed by atoms with Crippen molar-refractivity contribution in [1.29, 1.82) is 0 Å². The fourth-order valence-corrected chi connectivity index (χ4v) is 1.59. The van der Waals surface area contributed by atoms with E-state index in [1.807, 2.05) is 26.0 Å². The Hall–Kier alpha value is -1.11. The van der Waals surface area contributed by atoms with Gasteiger partial charge in [0.15, 0.2) is 0 Å². The van der Waals surface area contributed by atoms with Crippen molar-refractivity contribution >= 4 is 6.29 Å². The summed E-state index contributed by atoms with van der Waals surface area (Å²) in [4.78, 5) is 11.0. The van der Waals surface area contributed by atoms with Gasteiger partial charge in [0, 0.05) is 5.56 Å². The first kappa shape index (κ1) is 16.9. The second kappa shape index (κ2) is 6.17. The molecular formula is C17H28O. The molecule has 0 aliphatic heterocycles. The summed E-state index contributed by atoms with van der Waals surface area (Å²) < 4.78 is 0. The lowest BCUT2D eigenvalue weighted by Gasteiger charge is -2.25. The third kappa shape index (κ3) is 4.64. The van der Waals surface area contributed by atoms with Gasteiger partial charge in [-0.05, 0) is 34.1 Å². The molecule has 0 fully saturated rings. The molecule has 0 atom stereocenters. The van der Waals surface area contributed by atoms with Crippen molar-refractivity contribution in [3.63, 3.8) is 0 Å². The lowest BCUT2D eigenvalue weighted by molar-refractivity contribution is 0.112. The smallest absolute Gasteiger partial charge is 0.150 e. The van der Waals surface area contributed by atoms with Gasteiger partial charge in [-0.25, -0.2) is 0 Å². The summed E-state index contributed by atoms with van der Waals surface area (Å²) in [5.74, 6) is 0. The Bertz CT molecular complexity index is 357. The molecule has 18 heavy (non-hydrogen) atoms. The number of rotatable bonds is 1. The first-order valence-corrected chi connectivity index (χ1v) is 6.76. The lowest BCUT2D eigenvalue weighted by atomic mass is 9.80. The zero-order chi connectivity index (χ0) is 14.6. The fraction of sp³-hybridized carbons (Fsp3) is 0.588. The van der Waals surface area contributed by atoms with Crippen LogP contribution in [0.2, 0.25) is 0 Å². The van der Waals surface area contributed by atoms with Crippen LogP contribution in [0, 0.1) is 0 Å². The van der Waals surface area contributed by atoms with E-state index in [1.54, 1.807) is 0 Å². The Morgan fingerprint density at radius 3 is 1.33 bits per heavy atom. The Morgan fingerprint density at radius 2 is 1.11 bits per heavy atom. The summed E-state index contributed by atoms with van der Waals surface area (Å²) >= 11 is 0. The topological polar surface area (TPSA) is 17.1 Å². The molecule has 1 nitrogen and oxygen atoms in total. The molecule has 1 aromatic rings. The molecule has 0 radical (unpaired) electrons. The van der Waals surface area contributed by atoms with Gasteiger partial charge in [-0.15, -0.1) is 0 Å². The molecule has 1 rings (SSSR count). The molecule has 0 aliphatic carbocycles. The minimum absolute atomic E-state index is 0.0824. The van der Waals surface area contributed by atoms with Crippen molar-refractivity contribution in [1.82, 2.24) is 0 Å². The average Bonchev–Trinajstić information content (AvgIpc) is 2.29. The molecule has 0 N–H and O–H groups in total. The van der Waals surface area contributed by atoms with E-state index in [2.05, 4.69) is 47.6 Å². The minimum Gasteiger partial charge on any atom is -0.298 e. The average molecular weight is 248 g/mol. The molecule has 0 heterocycles. The molecule has 0 amide bonds. The maximum atomic E-state index is 11.0. The zero-order valence-electron chi connectivity index (χ0n) is 13.2. The number of hydrogen-bond acceptors (Lipinski definition) is 1. The van der Waals surface area contributed by atoms with Crippen LogP contribution < -0.4 is 0 Å². The third-order valence-electron chi connectivity index (χ3n) is 2.82. The number of carbonyl (C=O) groups is 1. The van der Waals surface area contributed by atoms with Crippen LogP contribution in [0.1, 0.15) is 76.9 Å². The van der Waals surface area contributed by atoms with Gasteiger partial charge in [-0.2, -0.15) is 0 Å². The largest absolute Gasteiger partial charge is 0.298 e. The van der Waals surface area contributed by atoms with Gasteiger partial charge in [0.25, 0.3) is 0 Å². The lowest BCUT2D eigenvalue weighted by Crippen LogP contribution is -2.16. The van der Waals surface area contributed by atoms with Crippen LogP contribution in [0.15, 0.2) is 18.2 Å². The van der Waals surface area contributed by atoms with Crippen LogP contribution in [0.5, 0.6) is 0 Å². The summed E-state index contributed by atoms with van der Waals surface area (Å²) in [7, 11) is 0. The summed E-state index contributed by atoms with van der Waals surface area (Å²) in [5, 5.41) is 0. The van der Waals surface area contributed by atoms with Gasteiger partial charge < -0.3 is 0 Å². The van der Waals surface area contributed by atoms with Gasteiger partial charge in [0.2, 0.25) is 0 Å². The van der Waals surface area contributed by atoms with Crippen molar-refractivity contribution in [2.45, 2.75) is 66.2 Å². The standard InChI is InChI=1S/C15H22O.C2H6/c1-14(2,3)12-7-11(10-16)8-13(9-12)15(4,5)6;1-2/h7-10H,1-6H3;1-2H3. The highest BCUT2D eigenvalue weighted by Crippen LogP contribution is 2.29. The van der Waals surface area contributed by atoms with Crippen LogP contribution in [-0.4, -0.2) is 6.29 Å². The molecule has 0 unspecified atom stereocenters. The first-order valence-electron chi connectivity index (χ1n) is 6.76. The Balaban J connectivity index is 0.00000137. The van der Waals surface area contributed by atoms with Gasteiger partial charge in [-0.3, -0.25) is 4.79 Å². The number of hydrogen-bond donors (Lipinski definition) is 0. The SMILES string of the molecule is CC.CC(C)(C)c1cc(C=O)cc(C(C)(C)C)c1. The summed E-state index contributed by atoms with van der Waals surface area (Å²) in [5.41, 5.74) is 3.39. The highest BCUT2D eigenvalue weighted by atomic mass is 16.1. The predicted octanol–water partition coefficient (Wildman–Crippen LogP) is 5.12. The number of benzene rings is 1. The van der Waals surface area contributed by atoms with Crippen LogP contribution in [-0.2, 0) is 10.8 Å². The monoisotopic (exact) mass is 248 g/mol. The second-order valence-electron chi connectivity index (χ2n) is 6.46. The molecule has 1 heteroatoms. The van der Waals surface area contributed by atoms with Gasteiger partial charge in [0.05, 0.1) is 0 Å². The molecule has 102 valence electrons. The Morgan fingerprint density at radius 1 is 0.778 bits per heavy atom. The van der Waals surface area contributed by atoms with Gasteiger partial charge >= 0.3 is 0 Å². The van der Waals surface area contributed by atoms with Crippen LogP contribution in [0.3, 0.4) is 0 Å². The molecule has 0 aliphatic rings. The Labute approximate surface area is 113 Å². The van der Waals surface area contributed by atoms with Crippen molar-refractivity contribution in [2.24, 2.45) is 0 Å². The van der Waals surface area contributed by atoms with E-state index in [4.69, 9.17) is 0 Å². The zero-order valence-corrected chi connectivity index (χ0v) is 13.2. The van der Waals surface area contributed by atoms with E-state index >= 15 is 0 Å². The van der Waals surface area contributed by atoms with Crippen molar-refractivity contribution in [3.05, 3.63) is 34.9 Å².